The summed E-state index contributed by atoms with van der Waals surface area (Å²) in [4.78, 5) is 27.3. The van der Waals surface area contributed by atoms with Crippen LogP contribution in [-0.2, 0) is 14.8 Å². The van der Waals surface area contributed by atoms with E-state index in [4.69, 9.17) is 11.6 Å². The number of sulfonamides is 1. The van der Waals surface area contributed by atoms with Crippen molar-refractivity contribution in [2.75, 3.05) is 26.2 Å². The van der Waals surface area contributed by atoms with Crippen LogP contribution in [-0.4, -0.2) is 61.7 Å². The minimum atomic E-state index is -3.78. The minimum absolute atomic E-state index is 0.00531. The molecule has 7 nitrogen and oxygen atoms in total. The Kier molecular flexibility index (Phi) is 7.53. The second-order valence-electron chi connectivity index (χ2n) is 7.86. The second-order valence-corrected chi connectivity index (χ2v) is 10.2. The van der Waals surface area contributed by atoms with Gasteiger partial charge in [-0.05, 0) is 42.3 Å². The third-order valence-electron chi connectivity index (χ3n) is 5.34. The monoisotopic (exact) mass is 481 g/mol. The molecule has 0 spiro atoms. The van der Waals surface area contributed by atoms with Gasteiger partial charge in [0, 0.05) is 26.2 Å². The van der Waals surface area contributed by atoms with Crippen LogP contribution >= 0.6 is 11.6 Å². The molecule has 1 heterocycles. The Morgan fingerprint density at radius 3 is 2.16 bits per heavy atom. The van der Waals surface area contributed by atoms with E-state index in [2.05, 4.69) is 5.32 Å². The highest BCUT2D eigenvalue weighted by Crippen LogP contribution is 2.20. The second kappa shape index (κ2) is 9.97. The van der Waals surface area contributed by atoms with Crippen molar-refractivity contribution >= 4 is 33.4 Å². The summed E-state index contributed by atoms with van der Waals surface area (Å²) in [6.45, 7) is 4.23. The molecule has 1 N–H and O–H groups in total. The minimum Gasteiger partial charge on any atom is -0.340 e. The van der Waals surface area contributed by atoms with Crippen LogP contribution in [0.1, 0.15) is 24.2 Å². The van der Waals surface area contributed by atoms with E-state index < -0.39 is 27.8 Å². The van der Waals surface area contributed by atoms with Gasteiger partial charge in [-0.15, -0.1) is 0 Å². The van der Waals surface area contributed by atoms with E-state index in [1.54, 1.807) is 29.2 Å². The van der Waals surface area contributed by atoms with Gasteiger partial charge in [0.2, 0.25) is 15.9 Å². The van der Waals surface area contributed by atoms with Crippen LogP contribution in [0.2, 0.25) is 5.02 Å². The van der Waals surface area contributed by atoms with Crippen LogP contribution in [0.5, 0.6) is 0 Å². The molecule has 0 saturated carbocycles. The van der Waals surface area contributed by atoms with Gasteiger partial charge < -0.3 is 10.2 Å². The number of hydrogen-bond donors (Lipinski definition) is 1. The number of piperazine rings is 1. The van der Waals surface area contributed by atoms with Crippen LogP contribution in [0.25, 0.3) is 0 Å². The van der Waals surface area contributed by atoms with Gasteiger partial charge in [-0.3, -0.25) is 9.59 Å². The van der Waals surface area contributed by atoms with Gasteiger partial charge in [0.1, 0.15) is 11.9 Å². The van der Waals surface area contributed by atoms with E-state index in [0.29, 0.717) is 5.02 Å². The van der Waals surface area contributed by atoms with E-state index in [0.717, 1.165) is 12.1 Å². The third-order valence-corrected chi connectivity index (χ3v) is 7.58. The molecular formula is C22H25ClFN3O4S. The summed E-state index contributed by atoms with van der Waals surface area (Å²) in [5, 5.41) is 3.05. The maximum Gasteiger partial charge on any atom is 0.253 e. The number of halogens is 2. The summed E-state index contributed by atoms with van der Waals surface area (Å²) in [5.74, 6) is -1.42. The van der Waals surface area contributed by atoms with E-state index in [9.17, 15) is 22.4 Å². The van der Waals surface area contributed by atoms with Gasteiger partial charge in [0.05, 0.1) is 15.5 Å². The molecule has 32 heavy (non-hydrogen) atoms. The van der Waals surface area contributed by atoms with Gasteiger partial charge in [-0.25, -0.2) is 12.8 Å². The summed E-state index contributed by atoms with van der Waals surface area (Å²) in [6, 6.07) is 10.4. The predicted octanol–water partition coefficient (Wildman–Crippen LogP) is 2.77. The topological polar surface area (TPSA) is 86.8 Å². The van der Waals surface area contributed by atoms with Crippen LogP contribution in [0, 0.1) is 11.7 Å². The summed E-state index contributed by atoms with van der Waals surface area (Å²) in [6.07, 6.45) is 0. The first-order chi connectivity index (χ1) is 15.1. The van der Waals surface area contributed by atoms with Crippen molar-refractivity contribution in [3.63, 3.8) is 0 Å². The van der Waals surface area contributed by atoms with Crippen molar-refractivity contribution in [1.82, 2.24) is 14.5 Å². The lowest BCUT2D eigenvalue weighted by molar-refractivity contribution is -0.135. The molecule has 2 amide bonds. The van der Waals surface area contributed by atoms with Crippen molar-refractivity contribution in [3.05, 3.63) is 64.9 Å². The van der Waals surface area contributed by atoms with Crippen molar-refractivity contribution < 1.29 is 22.4 Å². The number of rotatable bonds is 6. The lowest BCUT2D eigenvalue weighted by atomic mass is 10.0. The zero-order valence-electron chi connectivity index (χ0n) is 17.8. The van der Waals surface area contributed by atoms with Crippen LogP contribution in [0.15, 0.2) is 53.4 Å². The molecule has 1 aliphatic heterocycles. The highest BCUT2D eigenvalue weighted by atomic mass is 35.5. The average molecular weight is 482 g/mol. The Hall–Kier alpha value is -2.49. The lowest BCUT2D eigenvalue weighted by Crippen LogP contribution is -2.57. The quantitative estimate of drug-likeness (QED) is 0.687. The standard InChI is InChI=1S/C22H25ClFN3O4S/c1-15(2)20(25-21(28)18-5-3-4-6-19(18)23)22(29)26-11-13-27(14-12-26)32(30,31)17-9-7-16(24)8-10-17/h3-10,15,20H,11-14H2,1-2H3,(H,25,28)/t20-/m0/s1. The summed E-state index contributed by atoms with van der Waals surface area (Å²) >= 11 is 6.09. The Bertz CT molecular complexity index is 1080. The number of amides is 2. The molecule has 3 rings (SSSR count). The molecule has 0 radical (unpaired) electrons. The number of carbonyl (C=O) groups excluding carboxylic acids is 2. The zero-order chi connectivity index (χ0) is 23.5. The molecule has 1 saturated heterocycles. The third kappa shape index (κ3) is 5.28. The Morgan fingerprint density at radius 1 is 1.00 bits per heavy atom. The normalized spacial score (nSPS) is 16.1. The first-order valence-electron chi connectivity index (χ1n) is 10.2. The molecule has 172 valence electrons. The molecule has 10 heteroatoms. The molecule has 1 aliphatic rings. The average Bonchev–Trinajstić information content (AvgIpc) is 2.77. The van der Waals surface area contributed by atoms with Crippen molar-refractivity contribution in [2.45, 2.75) is 24.8 Å². The van der Waals surface area contributed by atoms with Crippen LogP contribution in [0.4, 0.5) is 4.39 Å². The molecule has 0 aliphatic carbocycles. The van der Waals surface area contributed by atoms with Crippen molar-refractivity contribution in [1.29, 1.82) is 0 Å². The molecule has 0 bridgehead atoms. The highest BCUT2D eigenvalue weighted by Gasteiger charge is 2.34. The predicted molar refractivity (Wildman–Crippen MR) is 119 cm³/mol. The van der Waals surface area contributed by atoms with Gasteiger partial charge in [0.15, 0.2) is 0 Å². The van der Waals surface area contributed by atoms with E-state index in [-0.39, 0.29) is 48.5 Å². The molecule has 0 aromatic heterocycles. The Morgan fingerprint density at radius 2 is 1.59 bits per heavy atom. The molecule has 2 aromatic rings. The Labute approximate surface area is 192 Å². The maximum atomic E-state index is 13.1. The molecular weight excluding hydrogens is 457 g/mol. The van der Waals surface area contributed by atoms with Crippen molar-refractivity contribution in [2.24, 2.45) is 5.92 Å². The molecule has 2 aromatic carbocycles. The molecule has 1 atom stereocenters. The van der Waals surface area contributed by atoms with E-state index >= 15 is 0 Å². The number of benzene rings is 2. The largest absolute Gasteiger partial charge is 0.340 e. The van der Waals surface area contributed by atoms with E-state index in [1.165, 1.54) is 16.4 Å². The molecule has 0 unspecified atom stereocenters. The van der Waals surface area contributed by atoms with Gasteiger partial charge >= 0.3 is 0 Å². The maximum absolute atomic E-state index is 13.1. The van der Waals surface area contributed by atoms with Gasteiger partial charge in [0.25, 0.3) is 5.91 Å². The summed E-state index contributed by atoms with van der Waals surface area (Å²) in [5.41, 5.74) is 0.280. The number of nitrogens with zero attached hydrogens (tertiary/aromatic N) is 2. The fourth-order valence-corrected chi connectivity index (χ4v) is 5.12. The Balaban J connectivity index is 1.66. The summed E-state index contributed by atoms with van der Waals surface area (Å²) < 4.78 is 40.0. The fourth-order valence-electron chi connectivity index (χ4n) is 3.48. The van der Waals surface area contributed by atoms with Crippen LogP contribution < -0.4 is 5.32 Å². The number of carbonyl (C=O) groups is 2. The smallest absolute Gasteiger partial charge is 0.253 e. The van der Waals surface area contributed by atoms with Crippen LogP contribution in [0.3, 0.4) is 0 Å². The first kappa shape index (κ1) is 24.2. The van der Waals surface area contributed by atoms with Gasteiger partial charge in [-0.2, -0.15) is 4.31 Å². The first-order valence-corrected chi connectivity index (χ1v) is 12.0. The van der Waals surface area contributed by atoms with Gasteiger partial charge in [-0.1, -0.05) is 37.6 Å². The highest BCUT2D eigenvalue weighted by molar-refractivity contribution is 7.89. The lowest BCUT2D eigenvalue weighted by Gasteiger charge is -2.36. The summed E-state index contributed by atoms with van der Waals surface area (Å²) in [7, 11) is -3.78. The zero-order valence-corrected chi connectivity index (χ0v) is 19.4. The fraction of sp³-hybridized carbons (Fsp3) is 0.364. The SMILES string of the molecule is CC(C)[C@H](NC(=O)c1ccccc1Cl)C(=O)N1CCN(S(=O)(=O)c2ccc(F)cc2)CC1. The van der Waals surface area contributed by atoms with E-state index in [1.807, 2.05) is 13.8 Å². The van der Waals surface area contributed by atoms with Crippen molar-refractivity contribution in [3.8, 4) is 0 Å². The molecule has 1 fully saturated rings. The number of hydrogen-bond acceptors (Lipinski definition) is 4. The number of nitrogens with one attached hydrogen (secondary N) is 1.